The summed E-state index contributed by atoms with van der Waals surface area (Å²) < 4.78 is 10.5. The average Bonchev–Trinajstić information content (AvgIpc) is 2.34. The highest BCUT2D eigenvalue weighted by Gasteiger charge is 2.22. The molecule has 0 aliphatic rings. The first-order valence-electron chi connectivity index (χ1n) is 5.93. The number of nitrogens with two attached hydrogens (primary N) is 1. The topological polar surface area (TPSA) is 85.3 Å². The Morgan fingerprint density at radius 2 is 2.16 bits per heavy atom. The van der Waals surface area contributed by atoms with Crippen molar-refractivity contribution in [2.45, 2.75) is 32.4 Å². The number of hydrogen-bond donors (Lipinski definition) is 1. The van der Waals surface area contributed by atoms with E-state index in [1.165, 1.54) is 0 Å². The van der Waals surface area contributed by atoms with Crippen molar-refractivity contribution in [3.63, 3.8) is 0 Å². The maximum atomic E-state index is 11.6. The minimum absolute atomic E-state index is 0.00377. The highest BCUT2D eigenvalue weighted by molar-refractivity contribution is 5.76. The molecule has 1 rings (SSSR count). The first-order chi connectivity index (χ1) is 8.81. The number of benzene rings is 1. The smallest absolute Gasteiger partial charge is 0.326 e. The molecule has 5 nitrogen and oxygen atoms in total. The third-order valence-corrected chi connectivity index (χ3v) is 2.10. The number of hydrogen-bond acceptors (Lipinski definition) is 5. The summed E-state index contributed by atoms with van der Waals surface area (Å²) in [5.41, 5.74) is 5.59. The van der Waals surface area contributed by atoms with Crippen LogP contribution in [0.1, 0.15) is 26.3 Å². The van der Waals surface area contributed by atoms with E-state index in [1.807, 2.05) is 6.07 Å². The Balaban J connectivity index is 2.52. The number of nitrogens with zero attached hydrogens (tertiary/aromatic N) is 1. The van der Waals surface area contributed by atoms with Crippen LogP contribution >= 0.6 is 0 Å². The first-order valence-corrected chi connectivity index (χ1v) is 5.93. The third-order valence-electron chi connectivity index (χ3n) is 2.10. The van der Waals surface area contributed by atoms with Gasteiger partial charge >= 0.3 is 5.97 Å². The summed E-state index contributed by atoms with van der Waals surface area (Å²) in [6, 6.07) is 7.80. The zero-order valence-electron chi connectivity index (χ0n) is 11.3. The molecule has 0 aliphatic heterocycles. The van der Waals surface area contributed by atoms with Gasteiger partial charge in [0.15, 0.2) is 0 Å². The van der Waals surface area contributed by atoms with Crippen LogP contribution in [-0.2, 0) is 9.53 Å². The lowest BCUT2D eigenvalue weighted by atomic mass is 10.2. The Kier molecular flexibility index (Phi) is 4.90. The van der Waals surface area contributed by atoms with Gasteiger partial charge < -0.3 is 15.2 Å². The van der Waals surface area contributed by atoms with Gasteiger partial charge in [0.2, 0.25) is 0 Å². The number of nitriles is 1. The van der Waals surface area contributed by atoms with Crippen LogP contribution in [0.25, 0.3) is 0 Å². The van der Waals surface area contributed by atoms with E-state index in [1.54, 1.807) is 45.0 Å². The summed E-state index contributed by atoms with van der Waals surface area (Å²) in [6.07, 6.45) is 0. The largest absolute Gasteiger partial charge is 0.491 e. The Morgan fingerprint density at radius 1 is 1.47 bits per heavy atom. The van der Waals surface area contributed by atoms with Gasteiger partial charge in [-0.2, -0.15) is 5.26 Å². The summed E-state index contributed by atoms with van der Waals surface area (Å²) in [4.78, 5) is 11.6. The van der Waals surface area contributed by atoms with E-state index in [0.717, 1.165) is 0 Å². The highest BCUT2D eigenvalue weighted by Crippen LogP contribution is 2.13. The van der Waals surface area contributed by atoms with Gasteiger partial charge in [0.05, 0.1) is 11.6 Å². The fourth-order valence-corrected chi connectivity index (χ4v) is 1.29. The molecule has 0 fully saturated rings. The van der Waals surface area contributed by atoms with Crippen LogP contribution in [0.15, 0.2) is 24.3 Å². The molecule has 0 unspecified atom stereocenters. The molecule has 0 saturated heterocycles. The van der Waals surface area contributed by atoms with E-state index < -0.39 is 17.6 Å². The van der Waals surface area contributed by atoms with E-state index in [2.05, 4.69) is 0 Å². The first kappa shape index (κ1) is 15.0. The molecule has 0 amide bonds. The molecule has 0 saturated carbocycles. The normalized spacial score (nSPS) is 12.4. The molecule has 0 aliphatic carbocycles. The standard InChI is InChI=1S/C14H18N2O3/c1-14(2,3)19-13(17)12(16)9-18-11-6-4-5-10(7-11)8-15/h4-7,12H,9,16H2,1-3H3/t12-/m0/s1. The van der Waals surface area contributed by atoms with Gasteiger partial charge in [-0.1, -0.05) is 6.07 Å². The van der Waals surface area contributed by atoms with Gasteiger partial charge in [0.25, 0.3) is 0 Å². The van der Waals surface area contributed by atoms with Crippen molar-refractivity contribution < 1.29 is 14.3 Å². The molecule has 1 aromatic rings. The summed E-state index contributed by atoms with van der Waals surface area (Å²) in [5.74, 6) is -0.0120. The molecule has 0 bridgehead atoms. The van der Waals surface area contributed by atoms with Crippen LogP contribution in [0.5, 0.6) is 5.75 Å². The highest BCUT2D eigenvalue weighted by atomic mass is 16.6. The van der Waals surface area contributed by atoms with Crippen LogP contribution in [0.2, 0.25) is 0 Å². The number of carbonyl (C=O) groups is 1. The monoisotopic (exact) mass is 262 g/mol. The van der Waals surface area contributed by atoms with Gasteiger partial charge in [0, 0.05) is 0 Å². The quantitative estimate of drug-likeness (QED) is 0.833. The van der Waals surface area contributed by atoms with E-state index in [-0.39, 0.29) is 6.61 Å². The van der Waals surface area contributed by atoms with Crippen molar-refractivity contribution in [3.8, 4) is 11.8 Å². The van der Waals surface area contributed by atoms with Crippen molar-refractivity contribution in [3.05, 3.63) is 29.8 Å². The lowest BCUT2D eigenvalue weighted by Gasteiger charge is -2.22. The van der Waals surface area contributed by atoms with Crippen molar-refractivity contribution in [2.24, 2.45) is 5.73 Å². The molecule has 2 N–H and O–H groups in total. The molecular formula is C14H18N2O3. The second-order valence-corrected chi connectivity index (χ2v) is 5.09. The van der Waals surface area contributed by atoms with Gasteiger partial charge in [-0.25, -0.2) is 0 Å². The zero-order valence-corrected chi connectivity index (χ0v) is 11.3. The predicted molar refractivity (Wildman–Crippen MR) is 70.5 cm³/mol. The fraction of sp³-hybridized carbons (Fsp3) is 0.429. The van der Waals surface area contributed by atoms with Gasteiger partial charge in [-0.3, -0.25) is 4.79 Å². The Morgan fingerprint density at radius 3 is 2.74 bits per heavy atom. The second kappa shape index (κ2) is 6.21. The van der Waals surface area contributed by atoms with E-state index in [4.69, 9.17) is 20.5 Å². The van der Waals surface area contributed by atoms with Crippen molar-refractivity contribution >= 4 is 5.97 Å². The maximum Gasteiger partial charge on any atom is 0.326 e. The van der Waals surface area contributed by atoms with Crippen molar-refractivity contribution in [1.29, 1.82) is 5.26 Å². The number of carbonyl (C=O) groups excluding carboxylic acids is 1. The van der Waals surface area contributed by atoms with Crippen LogP contribution < -0.4 is 10.5 Å². The molecule has 0 aromatic heterocycles. The predicted octanol–water partition coefficient (Wildman–Crippen LogP) is 1.61. The number of rotatable bonds is 4. The maximum absolute atomic E-state index is 11.6. The van der Waals surface area contributed by atoms with E-state index in [9.17, 15) is 4.79 Å². The zero-order chi connectivity index (χ0) is 14.5. The molecule has 0 radical (unpaired) electrons. The van der Waals surface area contributed by atoms with Gasteiger partial charge in [-0.15, -0.1) is 0 Å². The third kappa shape index (κ3) is 5.40. The molecule has 19 heavy (non-hydrogen) atoms. The number of esters is 1. The van der Waals surface area contributed by atoms with E-state index in [0.29, 0.717) is 11.3 Å². The SMILES string of the molecule is CC(C)(C)OC(=O)[C@@H](N)COc1cccc(C#N)c1. The van der Waals surface area contributed by atoms with Gasteiger partial charge in [0.1, 0.15) is 24.0 Å². The van der Waals surface area contributed by atoms with Crippen LogP contribution in [0, 0.1) is 11.3 Å². The molecule has 0 heterocycles. The summed E-state index contributed by atoms with van der Waals surface area (Å²) in [5, 5.41) is 8.75. The molecule has 1 aromatic carbocycles. The second-order valence-electron chi connectivity index (χ2n) is 5.09. The summed E-state index contributed by atoms with van der Waals surface area (Å²) >= 11 is 0. The van der Waals surface area contributed by atoms with Crippen molar-refractivity contribution in [1.82, 2.24) is 0 Å². The molecule has 1 atom stereocenters. The Labute approximate surface area is 112 Å². The minimum atomic E-state index is -0.857. The average molecular weight is 262 g/mol. The van der Waals surface area contributed by atoms with Crippen molar-refractivity contribution in [2.75, 3.05) is 6.61 Å². The molecule has 102 valence electrons. The summed E-state index contributed by atoms with van der Waals surface area (Å²) in [7, 11) is 0. The lowest BCUT2D eigenvalue weighted by Crippen LogP contribution is -2.41. The molecular weight excluding hydrogens is 244 g/mol. The lowest BCUT2D eigenvalue weighted by molar-refractivity contribution is -0.157. The fourth-order valence-electron chi connectivity index (χ4n) is 1.29. The number of ether oxygens (including phenoxy) is 2. The van der Waals surface area contributed by atoms with Crippen LogP contribution in [0.4, 0.5) is 0 Å². The van der Waals surface area contributed by atoms with Crippen LogP contribution in [0.3, 0.4) is 0 Å². The van der Waals surface area contributed by atoms with Crippen LogP contribution in [-0.4, -0.2) is 24.2 Å². The molecule has 0 spiro atoms. The Bertz CT molecular complexity index is 486. The van der Waals surface area contributed by atoms with Gasteiger partial charge in [-0.05, 0) is 39.0 Å². The summed E-state index contributed by atoms with van der Waals surface area (Å²) in [6.45, 7) is 5.32. The minimum Gasteiger partial charge on any atom is -0.491 e. The van der Waals surface area contributed by atoms with E-state index >= 15 is 0 Å². The molecule has 5 heteroatoms. The Hall–Kier alpha value is -2.06.